The number of nitriles is 1. The summed E-state index contributed by atoms with van der Waals surface area (Å²) in [5.74, 6) is -0.300. The van der Waals surface area contributed by atoms with Gasteiger partial charge in [-0.3, -0.25) is 0 Å². The van der Waals surface area contributed by atoms with Crippen LogP contribution >= 0.6 is 0 Å². The minimum Gasteiger partial charge on any atom is -0.461 e. The fraction of sp³-hybridized carbons (Fsp3) is 0.238. The molecule has 0 spiro atoms. The van der Waals surface area contributed by atoms with E-state index in [-0.39, 0.29) is 11.5 Å². The van der Waals surface area contributed by atoms with E-state index in [0.29, 0.717) is 12.2 Å². The summed E-state index contributed by atoms with van der Waals surface area (Å²) in [7, 11) is 0. The van der Waals surface area contributed by atoms with E-state index in [1.165, 1.54) is 0 Å². The van der Waals surface area contributed by atoms with Crippen molar-refractivity contribution < 1.29 is 9.53 Å². The van der Waals surface area contributed by atoms with Crippen LogP contribution in [0.15, 0.2) is 66.2 Å². The number of carbonyl (C=O) groups excluding carboxylic acids is 1. The van der Waals surface area contributed by atoms with Crippen molar-refractivity contribution in [3.63, 3.8) is 0 Å². The fourth-order valence-corrected chi connectivity index (χ4v) is 2.28. The molecule has 0 radical (unpaired) electrons. The molecule has 0 N–H and O–H groups in total. The monoisotopic (exact) mass is 319 g/mol. The summed E-state index contributed by atoms with van der Waals surface area (Å²) in [4.78, 5) is 12.5. The molecule has 3 nitrogen and oxygen atoms in total. The van der Waals surface area contributed by atoms with Crippen LogP contribution in [-0.4, -0.2) is 12.6 Å². The van der Waals surface area contributed by atoms with E-state index in [1.807, 2.05) is 80.6 Å². The number of rotatable bonds is 6. The van der Waals surface area contributed by atoms with Crippen LogP contribution < -0.4 is 0 Å². The molecule has 0 aliphatic heterocycles. The van der Waals surface area contributed by atoms with E-state index in [0.717, 1.165) is 17.5 Å². The summed E-state index contributed by atoms with van der Waals surface area (Å²) in [6.07, 6.45) is 0.920. The topological polar surface area (TPSA) is 50.1 Å². The summed E-state index contributed by atoms with van der Waals surface area (Å²) in [5.41, 5.74) is 2.28. The number of hydrogen-bond donors (Lipinski definition) is 0. The third kappa shape index (κ3) is 4.33. The Morgan fingerprint density at radius 1 is 1.04 bits per heavy atom. The zero-order chi connectivity index (χ0) is 17.4. The highest BCUT2D eigenvalue weighted by Crippen LogP contribution is 2.27. The second-order valence-corrected chi connectivity index (χ2v) is 5.71. The lowest BCUT2D eigenvalue weighted by Crippen LogP contribution is -2.14. The Morgan fingerprint density at radius 3 is 1.96 bits per heavy atom. The summed E-state index contributed by atoms with van der Waals surface area (Å²) >= 11 is 0. The molecule has 2 aromatic rings. The summed E-state index contributed by atoms with van der Waals surface area (Å²) in [6, 6.07) is 21.0. The lowest BCUT2D eigenvalue weighted by molar-refractivity contribution is -0.139. The molecule has 0 aliphatic rings. The first kappa shape index (κ1) is 17.5. The average molecular weight is 319 g/mol. The minimum atomic E-state index is -0.569. The van der Waals surface area contributed by atoms with Crippen molar-refractivity contribution >= 4 is 11.5 Å². The molecular formula is C21H21NO2. The van der Waals surface area contributed by atoms with Crippen molar-refractivity contribution in [1.82, 2.24) is 0 Å². The van der Waals surface area contributed by atoms with Crippen LogP contribution in [0.4, 0.5) is 0 Å². The third-order valence-electron chi connectivity index (χ3n) is 3.89. The standard InChI is InChI=1S/C21H21NO2/c1-3-16(2)15-24-21(23)19(14-22)20(17-10-6-4-7-11-17)18-12-8-5-9-13-18/h4-13,16H,3,15H2,1-2H3. The normalized spacial score (nSPS) is 11.2. The van der Waals surface area contributed by atoms with Crippen molar-refractivity contribution in [2.24, 2.45) is 5.92 Å². The molecule has 24 heavy (non-hydrogen) atoms. The molecule has 2 aromatic carbocycles. The van der Waals surface area contributed by atoms with Crippen molar-refractivity contribution in [2.45, 2.75) is 20.3 Å². The maximum Gasteiger partial charge on any atom is 0.349 e. The van der Waals surface area contributed by atoms with Crippen LogP contribution in [0.3, 0.4) is 0 Å². The van der Waals surface area contributed by atoms with Gasteiger partial charge in [0.15, 0.2) is 0 Å². The predicted molar refractivity (Wildman–Crippen MR) is 94.9 cm³/mol. The molecule has 0 aliphatic carbocycles. The van der Waals surface area contributed by atoms with Gasteiger partial charge in [-0.25, -0.2) is 4.79 Å². The minimum absolute atomic E-state index is 0.0377. The molecule has 0 aromatic heterocycles. The highest BCUT2D eigenvalue weighted by Gasteiger charge is 2.20. The Morgan fingerprint density at radius 2 is 1.54 bits per heavy atom. The van der Waals surface area contributed by atoms with Gasteiger partial charge in [0.05, 0.1) is 6.61 Å². The zero-order valence-corrected chi connectivity index (χ0v) is 14.0. The second kappa shape index (κ2) is 8.69. The zero-order valence-electron chi connectivity index (χ0n) is 14.0. The molecule has 0 fully saturated rings. The second-order valence-electron chi connectivity index (χ2n) is 5.71. The number of nitrogens with zero attached hydrogens (tertiary/aromatic N) is 1. The average Bonchev–Trinajstić information content (AvgIpc) is 2.65. The molecule has 0 saturated heterocycles. The third-order valence-corrected chi connectivity index (χ3v) is 3.89. The number of esters is 1. The first-order chi connectivity index (χ1) is 11.7. The van der Waals surface area contributed by atoms with Gasteiger partial charge in [0.2, 0.25) is 0 Å². The molecular weight excluding hydrogens is 298 g/mol. The highest BCUT2D eigenvalue weighted by atomic mass is 16.5. The van der Waals surface area contributed by atoms with Crippen molar-refractivity contribution in [1.29, 1.82) is 5.26 Å². The summed E-state index contributed by atoms with van der Waals surface area (Å²) in [5, 5.41) is 9.60. The molecule has 1 atom stereocenters. The maximum absolute atomic E-state index is 12.5. The lowest BCUT2D eigenvalue weighted by Gasteiger charge is -2.13. The van der Waals surface area contributed by atoms with Gasteiger partial charge in [0.1, 0.15) is 11.6 Å². The molecule has 1 unspecified atom stereocenters. The Hall–Kier alpha value is -2.86. The van der Waals surface area contributed by atoms with Crippen molar-refractivity contribution in [2.75, 3.05) is 6.61 Å². The van der Waals surface area contributed by atoms with Gasteiger partial charge >= 0.3 is 5.97 Å². The maximum atomic E-state index is 12.5. The number of hydrogen-bond acceptors (Lipinski definition) is 3. The highest BCUT2D eigenvalue weighted by molar-refractivity contribution is 6.05. The van der Waals surface area contributed by atoms with Gasteiger partial charge in [0.25, 0.3) is 0 Å². The van der Waals surface area contributed by atoms with E-state index < -0.39 is 5.97 Å². The molecule has 0 amide bonds. The van der Waals surface area contributed by atoms with Crippen LogP contribution in [0.25, 0.3) is 5.57 Å². The smallest absolute Gasteiger partial charge is 0.349 e. The molecule has 122 valence electrons. The van der Waals surface area contributed by atoms with Gasteiger partial charge in [0, 0.05) is 5.57 Å². The Kier molecular flexibility index (Phi) is 6.33. The van der Waals surface area contributed by atoms with Crippen LogP contribution in [-0.2, 0) is 9.53 Å². The first-order valence-corrected chi connectivity index (χ1v) is 8.09. The van der Waals surface area contributed by atoms with E-state index in [2.05, 4.69) is 0 Å². The van der Waals surface area contributed by atoms with Crippen molar-refractivity contribution in [3.8, 4) is 6.07 Å². The van der Waals surface area contributed by atoms with Gasteiger partial charge < -0.3 is 4.74 Å². The largest absolute Gasteiger partial charge is 0.461 e. The molecule has 0 heterocycles. The number of benzene rings is 2. The summed E-state index contributed by atoms with van der Waals surface area (Å²) < 4.78 is 5.35. The van der Waals surface area contributed by atoms with Gasteiger partial charge in [-0.15, -0.1) is 0 Å². The van der Waals surface area contributed by atoms with Crippen LogP contribution in [0, 0.1) is 17.2 Å². The van der Waals surface area contributed by atoms with Gasteiger partial charge in [-0.2, -0.15) is 5.26 Å². The molecule has 2 rings (SSSR count). The van der Waals surface area contributed by atoms with Gasteiger partial charge in [-0.1, -0.05) is 80.9 Å². The number of carbonyl (C=O) groups is 1. The lowest BCUT2D eigenvalue weighted by atomic mass is 9.93. The molecule has 0 bridgehead atoms. The van der Waals surface area contributed by atoms with Crippen LogP contribution in [0.2, 0.25) is 0 Å². The fourth-order valence-electron chi connectivity index (χ4n) is 2.28. The van der Waals surface area contributed by atoms with Crippen molar-refractivity contribution in [3.05, 3.63) is 77.4 Å². The molecule has 0 saturated carbocycles. The van der Waals surface area contributed by atoms with Crippen LogP contribution in [0.1, 0.15) is 31.4 Å². The Balaban J connectivity index is 2.48. The quantitative estimate of drug-likeness (QED) is 0.444. The van der Waals surface area contributed by atoms with E-state index in [1.54, 1.807) is 0 Å². The Labute approximate surface area is 143 Å². The Bertz CT molecular complexity index is 701. The first-order valence-electron chi connectivity index (χ1n) is 8.09. The number of ether oxygens (including phenoxy) is 1. The van der Waals surface area contributed by atoms with Gasteiger partial charge in [-0.05, 0) is 17.0 Å². The molecule has 3 heteroatoms. The van der Waals surface area contributed by atoms with E-state index in [9.17, 15) is 10.1 Å². The van der Waals surface area contributed by atoms with Crippen LogP contribution in [0.5, 0.6) is 0 Å². The van der Waals surface area contributed by atoms with E-state index >= 15 is 0 Å². The van der Waals surface area contributed by atoms with E-state index in [4.69, 9.17) is 4.74 Å². The summed E-state index contributed by atoms with van der Waals surface area (Å²) in [6.45, 7) is 4.37. The SMILES string of the molecule is CCC(C)COC(=O)C(C#N)=C(c1ccccc1)c1ccccc1. The predicted octanol–water partition coefficient (Wildman–Crippen LogP) is 4.60.